The molecule has 0 amide bonds. The Hall–Kier alpha value is -1.11. The number of aromatic nitrogens is 1. The first-order chi connectivity index (χ1) is 7.99. The molecule has 0 aliphatic heterocycles. The van der Waals surface area contributed by atoms with Crippen LogP contribution in [0.1, 0.15) is 4.88 Å². The van der Waals surface area contributed by atoms with E-state index in [4.69, 9.17) is 17.3 Å². The second kappa shape index (κ2) is 4.64. The van der Waals surface area contributed by atoms with Crippen LogP contribution in [0.4, 0.5) is 5.69 Å². The Morgan fingerprint density at radius 1 is 1.41 bits per heavy atom. The second-order valence-electron chi connectivity index (χ2n) is 3.42. The Balaban J connectivity index is 2.41. The Morgan fingerprint density at radius 3 is 2.82 bits per heavy atom. The Morgan fingerprint density at radius 2 is 2.18 bits per heavy atom. The largest absolute Gasteiger partial charge is 0.399 e. The second-order valence-corrected chi connectivity index (χ2v) is 6.75. The highest BCUT2D eigenvalue weighted by molar-refractivity contribution is 7.91. The lowest BCUT2D eigenvalue weighted by molar-refractivity contribution is 0.595. The number of anilines is 1. The smallest absolute Gasteiger partial charge is 0.184 e. The number of halogens is 1. The monoisotopic (exact) mass is 288 g/mol. The average Bonchev–Trinajstić information content (AvgIpc) is 2.73. The number of sulfone groups is 1. The number of nitrogens with zero attached hydrogens (tertiary/aromatic N) is 1. The molecule has 90 valence electrons. The van der Waals surface area contributed by atoms with Gasteiger partial charge in [-0.2, -0.15) is 0 Å². The van der Waals surface area contributed by atoms with Crippen LogP contribution in [0.5, 0.6) is 0 Å². The van der Waals surface area contributed by atoms with Gasteiger partial charge in [0.2, 0.25) is 0 Å². The molecule has 0 spiro atoms. The molecule has 4 nitrogen and oxygen atoms in total. The molecule has 0 saturated carbocycles. The summed E-state index contributed by atoms with van der Waals surface area (Å²) >= 11 is 7.16. The summed E-state index contributed by atoms with van der Waals surface area (Å²) in [6.45, 7) is 0. The molecule has 0 atom stereocenters. The molecule has 7 heteroatoms. The average molecular weight is 289 g/mol. The molecular weight excluding hydrogens is 280 g/mol. The fraction of sp³-hybridized carbons (Fsp3) is 0.100. The third-order valence-corrected chi connectivity index (χ3v) is 5.21. The van der Waals surface area contributed by atoms with Gasteiger partial charge < -0.3 is 5.73 Å². The van der Waals surface area contributed by atoms with Gasteiger partial charge in [0.05, 0.1) is 21.2 Å². The van der Waals surface area contributed by atoms with E-state index in [1.165, 1.54) is 29.7 Å². The van der Waals surface area contributed by atoms with Gasteiger partial charge >= 0.3 is 0 Å². The van der Waals surface area contributed by atoms with Gasteiger partial charge in [0.25, 0.3) is 0 Å². The third kappa shape index (κ3) is 2.77. The summed E-state index contributed by atoms with van der Waals surface area (Å²) in [5.74, 6) is -0.110. The number of hydrogen-bond donors (Lipinski definition) is 1. The van der Waals surface area contributed by atoms with Crippen molar-refractivity contribution in [1.82, 2.24) is 4.98 Å². The number of benzene rings is 1. The topological polar surface area (TPSA) is 73.1 Å². The minimum atomic E-state index is -3.48. The van der Waals surface area contributed by atoms with E-state index in [9.17, 15) is 8.42 Å². The third-order valence-electron chi connectivity index (χ3n) is 2.11. The molecule has 0 fully saturated rings. The van der Waals surface area contributed by atoms with Gasteiger partial charge in [0.1, 0.15) is 0 Å². The minimum Gasteiger partial charge on any atom is -0.399 e. The lowest BCUT2D eigenvalue weighted by atomic mass is 10.3. The van der Waals surface area contributed by atoms with Crippen LogP contribution in [0.2, 0.25) is 5.02 Å². The summed E-state index contributed by atoms with van der Waals surface area (Å²) in [5, 5.41) is 0.184. The van der Waals surface area contributed by atoms with E-state index in [1.807, 2.05) is 0 Å². The Labute approximate surface area is 108 Å². The van der Waals surface area contributed by atoms with Crippen LogP contribution in [-0.2, 0) is 15.6 Å². The van der Waals surface area contributed by atoms with Crippen LogP contribution in [-0.4, -0.2) is 13.4 Å². The fourth-order valence-corrected chi connectivity index (χ4v) is 4.21. The van der Waals surface area contributed by atoms with Crippen LogP contribution in [0, 0.1) is 0 Å². The number of nitrogens with two attached hydrogens (primary N) is 1. The van der Waals surface area contributed by atoms with Crippen LogP contribution >= 0.6 is 22.9 Å². The minimum absolute atomic E-state index is 0.0626. The lowest BCUT2D eigenvalue weighted by Gasteiger charge is -2.06. The normalized spacial score (nSPS) is 11.6. The van der Waals surface area contributed by atoms with Gasteiger partial charge in [-0.3, -0.25) is 4.98 Å². The van der Waals surface area contributed by atoms with Crippen molar-refractivity contribution in [2.45, 2.75) is 10.6 Å². The van der Waals surface area contributed by atoms with E-state index >= 15 is 0 Å². The highest BCUT2D eigenvalue weighted by Crippen LogP contribution is 2.27. The number of thiazole rings is 1. The Bertz CT molecular complexity index is 624. The first kappa shape index (κ1) is 12.3. The molecule has 1 aromatic heterocycles. The molecule has 1 aromatic carbocycles. The molecule has 2 rings (SSSR count). The van der Waals surface area contributed by atoms with E-state index in [2.05, 4.69) is 4.98 Å². The maximum Gasteiger partial charge on any atom is 0.184 e. The highest BCUT2D eigenvalue weighted by Gasteiger charge is 2.19. The van der Waals surface area contributed by atoms with Gasteiger partial charge in [-0.25, -0.2) is 8.42 Å². The van der Waals surface area contributed by atoms with Crippen molar-refractivity contribution in [3.63, 3.8) is 0 Å². The lowest BCUT2D eigenvalue weighted by Crippen LogP contribution is -2.05. The summed E-state index contributed by atoms with van der Waals surface area (Å²) in [4.78, 5) is 4.57. The maximum absolute atomic E-state index is 12.1. The number of rotatable bonds is 3. The van der Waals surface area contributed by atoms with Crippen molar-refractivity contribution in [1.29, 1.82) is 0 Å². The van der Waals surface area contributed by atoms with Crippen molar-refractivity contribution in [3.8, 4) is 0 Å². The molecule has 0 aliphatic rings. The van der Waals surface area contributed by atoms with E-state index in [-0.39, 0.29) is 15.7 Å². The van der Waals surface area contributed by atoms with Crippen molar-refractivity contribution < 1.29 is 8.42 Å². The van der Waals surface area contributed by atoms with Crippen LogP contribution in [0.3, 0.4) is 0 Å². The molecule has 0 bridgehead atoms. The van der Waals surface area contributed by atoms with Gasteiger partial charge in [-0.05, 0) is 18.2 Å². The first-order valence-electron chi connectivity index (χ1n) is 4.64. The number of hydrogen-bond acceptors (Lipinski definition) is 5. The van der Waals surface area contributed by atoms with Crippen LogP contribution < -0.4 is 5.73 Å². The van der Waals surface area contributed by atoms with Gasteiger partial charge in [0.15, 0.2) is 9.84 Å². The molecule has 0 unspecified atom stereocenters. The van der Waals surface area contributed by atoms with Gasteiger partial charge in [-0.1, -0.05) is 11.6 Å². The molecule has 17 heavy (non-hydrogen) atoms. The summed E-state index contributed by atoms with van der Waals surface area (Å²) in [5.41, 5.74) is 7.53. The van der Waals surface area contributed by atoms with Crippen LogP contribution in [0.15, 0.2) is 34.8 Å². The predicted molar refractivity (Wildman–Crippen MR) is 68.9 cm³/mol. The summed E-state index contributed by atoms with van der Waals surface area (Å²) in [6, 6.07) is 4.42. The van der Waals surface area contributed by atoms with E-state index in [0.717, 1.165) is 0 Å². The first-order valence-corrected chi connectivity index (χ1v) is 7.55. The Kier molecular flexibility index (Phi) is 3.37. The highest BCUT2D eigenvalue weighted by atomic mass is 35.5. The predicted octanol–water partition coefficient (Wildman–Crippen LogP) is 2.35. The summed E-state index contributed by atoms with van der Waals surface area (Å²) in [6.07, 6.45) is 1.53. The zero-order valence-electron chi connectivity index (χ0n) is 8.63. The van der Waals surface area contributed by atoms with E-state index in [1.54, 1.807) is 11.6 Å². The van der Waals surface area contributed by atoms with E-state index < -0.39 is 9.84 Å². The zero-order chi connectivity index (χ0) is 12.5. The summed E-state index contributed by atoms with van der Waals surface area (Å²) < 4.78 is 24.2. The van der Waals surface area contributed by atoms with Crippen LogP contribution in [0.25, 0.3) is 0 Å². The molecule has 0 saturated heterocycles. The van der Waals surface area contributed by atoms with Crippen molar-refractivity contribution in [2.75, 3.05) is 5.73 Å². The van der Waals surface area contributed by atoms with Crippen molar-refractivity contribution in [2.24, 2.45) is 0 Å². The fourth-order valence-electron chi connectivity index (χ4n) is 1.34. The molecule has 2 N–H and O–H groups in total. The van der Waals surface area contributed by atoms with E-state index in [0.29, 0.717) is 10.6 Å². The zero-order valence-corrected chi connectivity index (χ0v) is 11.0. The van der Waals surface area contributed by atoms with Crippen molar-refractivity contribution in [3.05, 3.63) is 39.8 Å². The maximum atomic E-state index is 12.1. The number of nitrogen functional groups attached to an aromatic ring is 1. The molecule has 0 aliphatic carbocycles. The molecular formula is C10H9ClN2O2S2. The molecule has 1 heterocycles. The van der Waals surface area contributed by atoms with Gasteiger partial charge in [0, 0.05) is 16.8 Å². The van der Waals surface area contributed by atoms with Crippen molar-refractivity contribution >= 4 is 38.5 Å². The SMILES string of the molecule is Nc1ccc(Cl)c(S(=O)(=O)Cc2cncs2)c1. The quantitative estimate of drug-likeness (QED) is 0.880. The standard InChI is InChI=1S/C10H9ClN2O2S2/c11-9-2-1-7(12)3-10(9)17(14,15)5-8-4-13-6-16-8/h1-4,6H,5,12H2. The van der Waals surface area contributed by atoms with Gasteiger partial charge in [-0.15, -0.1) is 11.3 Å². The molecule has 2 aromatic rings. The summed E-state index contributed by atoms with van der Waals surface area (Å²) in [7, 11) is -3.48. The molecule has 0 radical (unpaired) electrons.